The number of hydrogen-bond donors (Lipinski definition) is 1. The van der Waals surface area contributed by atoms with E-state index < -0.39 is 29.9 Å². The summed E-state index contributed by atoms with van der Waals surface area (Å²) in [5.41, 5.74) is -0.623. The second-order valence-electron chi connectivity index (χ2n) is 4.44. The van der Waals surface area contributed by atoms with Crippen LogP contribution in [-0.4, -0.2) is 28.4 Å². The van der Waals surface area contributed by atoms with E-state index in [1.807, 2.05) is 0 Å². The second-order valence-corrected chi connectivity index (χ2v) is 4.44. The lowest BCUT2D eigenvalue weighted by Gasteiger charge is -2.26. The zero-order chi connectivity index (χ0) is 16.7. The van der Waals surface area contributed by atoms with E-state index in [9.17, 15) is 31.1 Å². The molecule has 22 heavy (non-hydrogen) atoms. The SMILES string of the molecule is Cc1ccc2[nH]c(=O)c(OC(F)(C(F)F)C(F)(F)F)nc2c1. The Morgan fingerprint density at radius 1 is 1.23 bits per heavy atom. The highest BCUT2D eigenvalue weighted by molar-refractivity contribution is 5.75. The third-order valence-corrected chi connectivity index (χ3v) is 2.73. The van der Waals surface area contributed by atoms with Crippen molar-refractivity contribution < 1.29 is 31.1 Å². The summed E-state index contributed by atoms with van der Waals surface area (Å²) >= 11 is 0. The monoisotopic (exact) mass is 326 g/mol. The highest BCUT2D eigenvalue weighted by Crippen LogP contribution is 2.39. The highest BCUT2D eigenvalue weighted by atomic mass is 19.4. The van der Waals surface area contributed by atoms with Crippen molar-refractivity contribution >= 4 is 11.0 Å². The molecule has 0 amide bonds. The summed E-state index contributed by atoms with van der Waals surface area (Å²) in [5.74, 6) is -6.76. The van der Waals surface area contributed by atoms with Gasteiger partial charge in [-0.2, -0.15) is 17.6 Å². The molecule has 0 radical (unpaired) electrons. The van der Waals surface area contributed by atoms with E-state index >= 15 is 0 Å². The number of aromatic amines is 1. The molecule has 1 atom stereocenters. The molecule has 0 aliphatic heterocycles. The van der Waals surface area contributed by atoms with Gasteiger partial charge in [0.25, 0.3) is 5.88 Å². The van der Waals surface area contributed by atoms with E-state index in [0.29, 0.717) is 5.56 Å². The Balaban J connectivity index is 2.55. The number of halogens is 6. The number of benzene rings is 1. The first-order chi connectivity index (χ1) is 10.0. The van der Waals surface area contributed by atoms with Crippen molar-refractivity contribution in [1.29, 1.82) is 0 Å². The number of fused-ring (bicyclic) bond motifs is 1. The van der Waals surface area contributed by atoms with Crippen LogP contribution in [0.2, 0.25) is 0 Å². The maximum atomic E-state index is 13.5. The minimum Gasteiger partial charge on any atom is -0.424 e. The summed E-state index contributed by atoms with van der Waals surface area (Å²) in [6.45, 7) is 1.63. The van der Waals surface area contributed by atoms with Gasteiger partial charge in [-0.25, -0.2) is 13.8 Å². The van der Waals surface area contributed by atoms with Crippen molar-refractivity contribution in [2.24, 2.45) is 0 Å². The van der Waals surface area contributed by atoms with E-state index in [-0.39, 0.29) is 11.0 Å². The molecule has 0 saturated carbocycles. The van der Waals surface area contributed by atoms with Gasteiger partial charge in [0.2, 0.25) is 0 Å². The van der Waals surface area contributed by atoms with Crippen LogP contribution in [0, 0.1) is 6.92 Å². The Kier molecular flexibility index (Phi) is 3.80. The highest BCUT2D eigenvalue weighted by Gasteiger charge is 2.66. The lowest BCUT2D eigenvalue weighted by atomic mass is 10.2. The molecule has 1 aromatic carbocycles. The van der Waals surface area contributed by atoms with E-state index in [1.165, 1.54) is 12.1 Å². The molecule has 0 fully saturated rings. The number of nitrogens with one attached hydrogen (secondary N) is 1. The number of nitrogens with zero attached hydrogens (tertiary/aromatic N) is 1. The number of hydrogen-bond acceptors (Lipinski definition) is 3. The third-order valence-electron chi connectivity index (χ3n) is 2.73. The molecule has 2 rings (SSSR count). The molecule has 120 valence electrons. The molecule has 0 bridgehead atoms. The van der Waals surface area contributed by atoms with Crippen molar-refractivity contribution in [3.63, 3.8) is 0 Å². The van der Waals surface area contributed by atoms with Gasteiger partial charge in [0.1, 0.15) is 0 Å². The third kappa shape index (κ3) is 2.72. The zero-order valence-corrected chi connectivity index (χ0v) is 10.8. The van der Waals surface area contributed by atoms with Gasteiger partial charge in [0.15, 0.2) is 0 Å². The van der Waals surface area contributed by atoms with Crippen molar-refractivity contribution in [2.45, 2.75) is 25.4 Å². The molecular formula is C12H8F6N2O2. The molecule has 1 aromatic heterocycles. The Morgan fingerprint density at radius 3 is 2.41 bits per heavy atom. The van der Waals surface area contributed by atoms with Gasteiger partial charge in [0.05, 0.1) is 11.0 Å². The van der Waals surface area contributed by atoms with Crippen LogP contribution in [0.25, 0.3) is 11.0 Å². The van der Waals surface area contributed by atoms with Gasteiger partial charge >= 0.3 is 24.0 Å². The largest absolute Gasteiger partial charge is 0.466 e. The van der Waals surface area contributed by atoms with Crippen molar-refractivity contribution in [1.82, 2.24) is 9.97 Å². The van der Waals surface area contributed by atoms with E-state index in [2.05, 4.69) is 14.7 Å². The first-order valence-electron chi connectivity index (χ1n) is 5.78. The Bertz CT molecular complexity index is 757. The maximum absolute atomic E-state index is 13.5. The topological polar surface area (TPSA) is 55.0 Å². The van der Waals surface area contributed by atoms with E-state index in [0.717, 1.165) is 0 Å². The molecule has 1 heterocycles. The van der Waals surface area contributed by atoms with Gasteiger partial charge in [-0.15, -0.1) is 0 Å². The molecule has 1 N–H and O–H groups in total. The number of H-pyrrole nitrogens is 1. The van der Waals surface area contributed by atoms with E-state index in [1.54, 1.807) is 13.0 Å². The lowest BCUT2D eigenvalue weighted by Crippen LogP contribution is -2.53. The molecule has 0 aliphatic rings. The van der Waals surface area contributed by atoms with Gasteiger partial charge in [-0.3, -0.25) is 4.79 Å². The fourth-order valence-electron chi connectivity index (χ4n) is 1.61. The van der Waals surface area contributed by atoms with Crippen LogP contribution in [0.1, 0.15) is 5.56 Å². The van der Waals surface area contributed by atoms with Crippen molar-refractivity contribution in [2.75, 3.05) is 0 Å². The Morgan fingerprint density at radius 2 is 1.86 bits per heavy atom. The van der Waals surface area contributed by atoms with Crippen LogP contribution in [0.3, 0.4) is 0 Å². The number of alkyl halides is 6. The fraction of sp³-hybridized carbons (Fsp3) is 0.333. The summed E-state index contributed by atoms with van der Waals surface area (Å²) in [6.07, 6.45) is -10.6. The first-order valence-corrected chi connectivity index (χ1v) is 5.78. The van der Waals surface area contributed by atoms with E-state index in [4.69, 9.17) is 0 Å². The summed E-state index contributed by atoms with van der Waals surface area (Å²) in [6, 6.07) is 4.34. The Hall–Kier alpha value is -2.26. The first kappa shape index (κ1) is 16.1. The average Bonchev–Trinajstić information content (AvgIpc) is 2.38. The summed E-state index contributed by atoms with van der Waals surface area (Å²) in [5, 5.41) is 0. The molecule has 2 aromatic rings. The van der Waals surface area contributed by atoms with Gasteiger partial charge in [0, 0.05) is 0 Å². The van der Waals surface area contributed by atoms with Crippen LogP contribution in [-0.2, 0) is 0 Å². The van der Waals surface area contributed by atoms with Crippen LogP contribution >= 0.6 is 0 Å². The number of ether oxygens (including phenoxy) is 1. The standard InChI is InChI=1S/C12H8F6N2O2/c1-5-2-3-6-7(4-5)20-9(8(21)19-6)22-11(15,10(13)14)12(16,17)18/h2-4,10H,1H3,(H,19,21). The maximum Gasteiger partial charge on any atom is 0.466 e. The average molecular weight is 326 g/mol. The van der Waals surface area contributed by atoms with Crippen LogP contribution in [0.15, 0.2) is 23.0 Å². The molecule has 4 nitrogen and oxygen atoms in total. The fourth-order valence-corrected chi connectivity index (χ4v) is 1.61. The number of aryl methyl sites for hydroxylation is 1. The Labute approximate surface area is 118 Å². The molecule has 0 saturated heterocycles. The number of rotatable bonds is 3. The minimum atomic E-state index is -6.04. The predicted molar refractivity (Wildman–Crippen MR) is 63.6 cm³/mol. The lowest BCUT2D eigenvalue weighted by molar-refractivity contribution is -0.341. The van der Waals surface area contributed by atoms with Gasteiger partial charge in [-0.1, -0.05) is 6.07 Å². The summed E-state index contributed by atoms with van der Waals surface area (Å²) < 4.78 is 79.2. The summed E-state index contributed by atoms with van der Waals surface area (Å²) in [4.78, 5) is 17.0. The molecule has 0 spiro atoms. The van der Waals surface area contributed by atoms with Gasteiger partial charge < -0.3 is 9.72 Å². The van der Waals surface area contributed by atoms with Gasteiger partial charge in [-0.05, 0) is 24.6 Å². The molecule has 10 heteroatoms. The second kappa shape index (κ2) is 5.18. The molecular weight excluding hydrogens is 318 g/mol. The van der Waals surface area contributed by atoms with Crippen LogP contribution in [0.5, 0.6) is 5.88 Å². The van der Waals surface area contributed by atoms with Crippen molar-refractivity contribution in [3.05, 3.63) is 34.1 Å². The predicted octanol–water partition coefficient (Wildman–Crippen LogP) is 3.10. The zero-order valence-electron chi connectivity index (χ0n) is 10.8. The summed E-state index contributed by atoms with van der Waals surface area (Å²) in [7, 11) is 0. The normalized spacial score (nSPS) is 15.1. The van der Waals surface area contributed by atoms with Crippen molar-refractivity contribution in [3.8, 4) is 5.88 Å². The molecule has 1 unspecified atom stereocenters. The number of aromatic nitrogens is 2. The van der Waals surface area contributed by atoms with Crippen LogP contribution < -0.4 is 10.3 Å². The molecule has 0 aliphatic carbocycles. The smallest absolute Gasteiger partial charge is 0.424 e. The quantitative estimate of drug-likeness (QED) is 0.882. The minimum absolute atomic E-state index is 0.0339. The van der Waals surface area contributed by atoms with Crippen LogP contribution in [0.4, 0.5) is 26.3 Å².